The molecule has 10 heteroatoms. The van der Waals surface area contributed by atoms with E-state index < -0.39 is 15.9 Å². The van der Waals surface area contributed by atoms with Crippen molar-refractivity contribution >= 4 is 39.3 Å². The Hall–Kier alpha value is -2.36. The maximum atomic E-state index is 13.4. The summed E-state index contributed by atoms with van der Waals surface area (Å²) in [6.07, 6.45) is 4.45. The SMILES string of the molecule is Cc1noc(C=CN(C)C)c1S(=O)(=O)N1CCCC(C(=O)Nc2cccc(Cl)c2C)C1. The minimum Gasteiger partial charge on any atom is -0.383 e. The average Bonchev–Trinajstić information content (AvgIpc) is 3.11. The zero-order valence-electron chi connectivity index (χ0n) is 18.1. The Bertz CT molecular complexity index is 1090. The second kappa shape index (κ2) is 9.42. The molecule has 1 fully saturated rings. The van der Waals surface area contributed by atoms with E-state index in [1.54, 1.807) is 42.3 Å². The molecule has 0 radical (unpaired) electrons. The van der Waals surface area contributed by atoms with Crippen LogP contribution in [0.3, 0.4) is 0 Å². The topological polar surface area (TPSA) is 95.8 Å². The number of benzene rings is 1. The molecule has 2 aromatic rings. The van der Waals surface area contributed by atoms with Crippen LogP contribution in [0.5, 0.6) is 0 Å². The molecule has 0 aliphatic carbocycles. The van der Waals surface area contributed by atoms with Gasteiger partial charge in [-0.25, -0.2) is 8.42 Å². The number of aryl methyl sites for hydroxylation is 1. The van der Waals surface area contributed by atoms with E-state index in [9.17, 15) is 13.2 Å². The van der Waals surface area contributed by atoms with Gasteiger partial charge in [0.2, 0.25) is 15.9 Å². The van der Waals surface area contributed by atoms with Gasteiger partial charge in [-0.05, 0) is 44.4 Å². The molecule has 1 atom stereocenters. The number of hydrogen-bond acceptors (Lipinski definition) is 6. The van der Waals surface area contributed by atoms with Crippen LogP contribution in [0.25, 0.3) is 6.08 Å². The largest absolute Gasteiger partial charge is 0.383 e. The first-order chi connectivity index (χ1) is 14.6. The molecule has 2 heterocycles. The summed E-state index contributed by atoms with van der Waals surface area (Å²) >= 11 is 6.14. The normalized spacial score (nSPS) is 17.8. The molecule has 1 amide bonds. The molecule has 1 aromatic carbocycles. The lowest BCUT2D eigenvalue weighted by molar-refractivity contribution is -0.120. The summed E-state index contributed by atoms with van der Waals surface area (Å²) in [6.45, 7) is 3.85. The number of aromatic nitrogens is 1. The smallest absolute Gasteiger partial charge is 0.248 e. The predicted octanol–water partition coefficient (Wildman–Crippen LogP) is 3.52. The lowest BCUT2D eigenvalue weighted by Gasteiger charge is -2.31. The van der Waals surface area contributed by atoms with Crippen LogP contribution in [-0.2, 0) is 14.8 Å². The molecular weight excluding hydrogens is 440 g/mol. The van der Waals surface area contributed by atoms with Crippen molar-refractivity contribution in [3.05, 3.63) is 46.4 Å². The van der Waals surface area contributed by atoms with Gasteiger partial charge in [0.1, 0.15) is 5.69 Å². The van der Waals surface area contributed by atoms with Gasteiger partial charge in [-0.3, -0.25) is 4.79 Å². The number of nitrogens with zero attached hydrogens (tertiary/aromatic N) is 3. The second-order valence-electron chi connectivity index (χ2n) is 7.84. The summed E-state index contributed by atoms with van der Waals surface area (Å²) in [5.74, 6) is -0.518. The predicted molar refractivity (Wildman–Crippen MR) is 120 cm³/mol. The number of rotatable bonds is 6. The number of sulfonamides is 1. The lowest BCUT2D eigenvalue weighted by Crippen LogP contribution is -2.44. The highest BCUT2D eigenvalue weighted by atomic mass is 35.5. The molecule has 168 valence electrons. The molecule has 1 saturated heterocycles. The van der Waals surface area contributed by atoms with Gasteiger partial charge in [0.15, 0.2) is 10.7 Å². The van der Waals surface area contributed by atoms with Gasteiger partial charge in [-0.2, -0.15) is 4.31 Å². The third-order valence-electron chi connectivity index (χ3n) is 5.24. The van der Waals surface area contributed by atoms with Crippen molar-refractivity contribution < 1.29 is 17.7 Å². The lowest BCUT2D eigenvalue weighted by atomic mass is 9.98. The van der Waals surface area contributed by atoms with E-state index in [1.165, 1.54) is 4.31 Å². The maximum absolute atomic E-state index is 13.4. The fourth-order valence-corrected chi connectivity index (χ4v) is 5.45. The van der Waals surface area contributed by atoms with Crippen LogP contribution in [0.2, 0.25) is 5.02 Å². The van der Waals surface area contributed by atoms with E-state index in [4.69, 9.17) is 16.1 Å². The van der Waals surface area contributed by atoms with Crippen LogP contribution in [0.1, 0.15) is 29.9 Å². The van der Waals surface area contributed by atoms with E-state index in [2.05, 4.69) is 10.5 Å². The van der Waals surface area contributed by atoms with Gasteiger partial charge < -0.3 is 14.7 Å². The van der Waals surface area contributed by atoms with Crippen molar-refractivity contribution in [3.63, 3.8) is 0 Å². The van der Waals surface area contributed by atoms with Crippen LogP contribution in [-0.4, -0.2) is 55.9 Å². The summed E-state index contributed by atoms with van der Waals surface area (Å²) < 4.78 is 33.4. The molecule has 1 aliphatic rings. The number of amides is 1. The zero-order chi connectivity index (χ0) is 22.8. The van der Waals surface area contributed by atoms with Gasteiger partial charge in [-0.1, -0.05) is 22.8 Å². The van der Waals surface area contributed by atoms with Crippen LogP contribution >= 0.6 is 11.6 Å². The summed E-state index contributed by atoms with van der Waals surface area (Å²) in [6, 6.07) is 5.30. The Morgan fingerprint density at radius 2 is 2.10 bits per heavy atom. The Kier molecular flexibility index (Phi) is 7.08. The number of hydrogen-bond donors (Lipinski definition) is 1. The van der Waals surface area contributed by atoms with Crippen molar-refractivity contribution in [2.45, 2.75) is 31.6 Å². The number of nitrogens with one attached hydrogen (secondary N) is 1. The molecule has 31 heavy (non-hydrogen) atoms. The third kappa shape index (κ3) is 5.11. The van der Waals surface area contributed by atoms with Crippen LogP contribution in [0, 0.1) is 19.8 Å². The van der Waals surface area contributed by atoms with Gasteiger partial charge in [0, 0.05) is 50.2 Å². The van der Waals surface area contributed by atoms with E-state index in [0.29, 0.717) is 35.8 Å². The van der Waals surface area contributed by atoms with Crippen molar-refractivity contribution in [2.24, 2.45) is 5.92 Å². The first kappa shape index (κ1) is 23.3. The van der Waals surface area contributed by atoms with Crippen molar-refractivity contribution in [1.82, 2.24) is 14.4 Å². The van der Waals surface area contributed by atoms with Crippen LogP contribution in [0.15, 0.2) is 33.8 Å². The fourth-order valence-electron chi connectivity index (χ4n) is 3.50. The van der Waals surface area contributed by atoms with Gasteiger partial charge in [-0.15, -0.1) is 0 Å². The number of halogens is 1. The highest BCUT2D eigenvalue weighted by molar-refractivity contribution is 7.89. The molecule has 1 aliphatic heterocycles. The van der Waals surface area contributed by atoms with E-state index in [-0.39, 0.29) is 23.1 Å². The first-order valence-electron chi connectivity index (χ1n) is 9.98. The number of anilines is 1. The Morgan fingerprint density at radius 1 is 1.35 bits per heavy atom. The maximum Gasteiger partial charge on any atom is 0.248 e. The number of carbonyl (C=O) groups is 1. The molecule has 0 spiro atoms. The molecule has 1 N–H and O–H groups in total. The average molecular weight is 467 g/mol. The fraction of sp³-hybridized carbons (Fsp3) is 0.429. The minimum absolute atomic E-state index is 0.0392. The summed E-state index contributed by atoms with van der Waals surface area (Å²) in [5, 5.41) is 7.29. The van der Waals surface area contributed by atoms with Crippen LogP contribution < -0.4 is 5.32 Å². The summed E-state index contributed by atoms with van der Waals surface area (Å²) in [5.41, 5.74) is 1.69. The summed E-state index contributed by atoms with van der Waals surface area (Å²) in [7, 11) is -0.230. The van der Waals surface area contributed by atoms with Crippen molar-refractivity contribution in [3.8, 4) is 0 Å². The highest BCUT2D eigenvalue weighted by Crippen LogP contribution is 2.30. The molecule has 0 bridgehead atoms. The Morgan fingerprint density at radius 3 is 2.81 bits per heavy atom. The Balaban J connectivity index is 1.81. The zero-order valence-corrected chi connectivity index (χ0v) is 19.6. The minimum atomic E-state index is -3.88. The van der Waals surface area contributed by atoms with E-state index >= 15 is 0 Å². The standard InChI is InChI=1S/C21H27ClN4O4S/c1-14-17(22)8-5-9-18(14)23-21(27)16-7-6-11-26(13-16)31(28,29)20-15(2)24-30-19(20)10-12-25(3)4/h5,8-10,12,16H,6-7,11,13H2,1-4H3,(H,23,27). The quantitative estimate of drug-likeness (QED) is 0.699. The molecule has 1 aromatic heterocycles. The molecule has 8 nitrogen and oxygen atoms in total. The van der Waals surface area contributed by atoms with E-state index in [0.717, 1.165) is 5.56 Å². The number of carbonyl (C=O) groups excluding carboxylic acids is 1. The highest BCUT2D eigenvalue weighted by Gasteiger charge is 2.37. The summed E-state index contributed by atoms with van der Waals surface area (Å²) in [4.78, 5) is 14.7. The van der Waals surface area contributed by atoms with Gasteiger partial charge in [0.05, 0.1) is 5.92 Å². The van der Waals surface area contributed by atoms with Crippen molar-refractivity contribution in [1.29, 1.82) is 0 Å². The third-order valence-corrected chi connectivity index (χ3v) is 7.67. The molecule has 1 unspecified atom stereocenters. The van der Waals surface area contributed by atoms with Gasteiger partial charge >= 0.3 is 0 Å². The van der Waals surface area contributed by atoms with E-state index in [1.807, 2.05) is 21.0 Å². The van der Waals surface area contributed by atoms with Gasteiger partial charge in [0.25, 0.3) is 0 Å². The number of piperidine rings is 1. The molecule has 3 rings (SSSR count). The molecule has 0 saturated carbocycles. The first-order valence-corrected chi connectivity index (χ1v) is 11.8. The Labute approximate surface area is 187 Å². The van der Waals surface area contributed by atoms with Crippen LogP contribution in [0.4, 0.5) is 5.69 Å². The molecular formula is C21H27ClN4O4S. The van der Waals surface area contributed by atoms with Crippen molar-refractivity contribution in [2.75, 3.05) is 32.5 Å². The second-order valence-corrected chi connectivity index (χ2v) is 10.1. The monoisotopic (exact) mass is 466 g/mol.